The first-order valence-corrected chi connectivity index (χ1v) is 7.79. The predicted molar refractivity (Wildman–Crippen MR) is 103 cm³/mol. The number of benzene rings is 2. The summed E-state index contributed by atoms with van der Waals surface area (Å²) >= 11 is 0. The fourth-order valence-corrected chi connectivity index (χ4v) is 1.94. The lowest BCUT2D eigenvalue weighted by molar-refractivity contribution is 0.414. The van der Waals surface area contributed by atoms with Crippen LogP contribution in [0.3, 0.4) is 0 Å². The van der Waals surface area contributed by atoms with Gasteiger partial charge in [0.25, 0.3) is 0 Å². The zero-order valence-corrected chi connectivity index (χ0v) is 14.5. The lowest BCUT2D eigenvalue weighted by atomic mass is 10.2. The molecule has 0 fully saturated rings. The number of anilines is 4. The second-order valence-electron chi connectivity index (χ2n) is 5.80. The highest BCUT2D eigenvalue weighted by Gasteiger charge is 1.96. The Morgan fingerprint density at radius 2 is 1.38 bits per heavy atom. The summed E-state index contributed by atoms with van der Waals surface area (Å²) in [6.45, 7) is 0.690. The van der Waals surface area contributed by atoms with Crippen molar-refractivity contribution in [3.05, 3.63) is 60.9 Å². The van der Waals surface area contributed by atoms with Crippen LogP contribution >= 0.6 is 0 Å². The van der Waals surface area contributed by atoms with Gasteiger partial charge in [-0.2, -0.15) is 0 Å². The molecule has 0 aliphatic heterocycles. The average molecular weight is 326 g/mol. The van der Waals surface area contributed by atoms with E-state index in [0.29, 0.717) is 6.67 Å². The average Bonchev–Trinajstić information content (AvgIpc) is 2.57. The molecular weight excluding hydrogens is 300 g/mol. The highest BCUT2D eigenvalue weighted by Crippen LogP contribution is 2.19. The summed E-state index contributed by atoms with van der Waals surface area (Å²) in [4.78, 5) is 4.04. The minimum Gasteiger partial charge on any atom is -0.399 e. The third-order valence-corrected chi connectivity index (χ3v) is 3.26. The molecule has 0 bridgehead atoms. The van der Waals surface area contributed by atoms with Crippen molar-refractivity contribution in [1.82, 2.24) is 15.2 Å². The van der Waals surface area contributed by atoms with Gasteiger partial charge in [0.2, 0.25) is 0 Å². The Balaban J connectivity index is 1.78. The topological polar surface area (TPSA) is 68.6 Å². The number of hydrogen-bond acceptors (Lipinski definition) is 6. The molecule has 5 N–H and O–H groups in total. The number of hydrogen-bond donors (Lipinski definition) is 4. The lowest BCUT2D eigenvalue weighted by Gasteiger charge is -2.17. The molecule has 6 nitrogen and oxygen atoms in total. The van der Waals surface area contributed by atoms with Crippen molar-refractivity contribution in [2.75, 3.05) is 44.3 Å². The molecular formula is C18H26N6. The summed E-state index contributed by atoms with van der Waals surface area (Å²) in [5, 5.41) is 3.33. The molecule has 0 aromatic heterocycles. The molecule has 128 valence electrons. The number of rotatable bonds is 8. The Bertz CT molecular complexity index is 634. The molecule has 0 aliphatic carbocycles. The molecule has 0 aliphatic rings. The van der Waals surface area contributed by atoms with Gasteiger partial charge >= 0.3 is 0 Å². The van der Waals surface area contributed by atoms with Gasteiger partial charge in [-0.15, -0.1) is 0 Å². The fourth-order valence-electron chi connectivity index (χ4n) is 1.94. The Morgan fingerprint density at radius 3 is 1.96 bits per heavy atom. The smallest absolute Gasteiger partial charge is 0.0846 e. The minimum atomic E-state index is 0.690. The van der Waals surface area contributed by atoms with Crippen molar-refractivity contribution in [3.63, 3.8) is 0 Å². The van der Waals surface area contributed by atoms with Gasteiger partial charge in [-0.1, -0.05) is 0 Å². The Labute approximate surface area is 143 Å². The van der Waals surface area contributed by atoms with E-state index in [1.807, 2.05) is 91.9 Å². The van der Waals surface area contributed by atoms with Crippen molar-refractivity contribution in [2.24, 2.45) is 0 Å². The third-order valence-electron chi connectivity index (χ3n) is 3.26. The van der Waals surface area contributed by atoms with Gasteiger partial charge in [0.05, 0.1) is 6.67 Å². The molecule has 0 unspecified atom stereocenters. The number of nitrogens with zero attached hydrogens (tertiary/aromatic N) is 2. The maximum absolute atomic E-state index is 5.69. The van der Waals surface area contributed by atoms with Crippen LogP contribution in [-0.2, 0) is 0 Å². The van der Waals surface area contributed by atoms with Gasteiger partial charge in [-0.05, 0) is 48.5 Å². The van der Waals surface area contributed by atoms with Gasteiger partial charge in [-0.3, -0.25) is 0 Å². The second-order valence-corrected chi connectivity index (χ2v) is 5.80. The zero-order valence-electron chi connectivity index (χ0n) is 14.5. The van der Waals surface area contributed by atoms with Crippen LogP contribution in [0.2, 0.25) is 0 Å². The summed E-state index contributed by atoms with van der Waals surface area (Å²) in [5.74, 6) is 0. The van der Waals surface area contributed by atoms with E-state index in [9.17, 15) is 0 Å². The van der Waals surface area contributed by atoms with E-state index in [-0.39, 0.29) is 0 Å². The number of nitrogens with two attached hydrogens (primary N) is 1. The molecule has 24 heavy (non-hydrogen) atoms. The quantitative estimate of drug-likeness (QED) is 0.340. The van der Waals surface area contributed by atoms with E-state index in [4.69, 9.17) is 5.73 Å². The molecule has 2 aromatic carbocycles. The van der Waals surface area contributed by atoms with E-state index in [1.54, 1.807) is 0 Å². The summed E-state index contributed by atoms with van der Waals surface area (Å²) < 4.78 is 0. The number of hydrazine groups is 1. The Kier molecular flexibility index (Phi) is 6.33. The molecule has 6 heteroatoms. The van der Waals surface area contributed by atoms with Crippen LogP contribution in [0.15, 0.2) is 60.9 Å². The lowest BCUT2D eigenvalue weighted by Crippen LogP contribution is -2.32. The normalized spacial score (nSPS) is 10.6. The maximum Gasteiger partial charge on any atom is 0.0846 e. The summed E-state index contributed by atoms with van der Waals surface area (Å²) in [5.41, 5.74) is 15.8. The van der Waals surface area contributed by atoms with Gasteiger partial charge in [0.1, 0.15) is 0 Å². The van der Waals surface area contributed by atoms with E-state index in [0.717, 1.165) is 22.7 Å². The monoisotopic (exact) mass is 326 g/mol. The molecule has 0 saturated heterocycles. The molecule has 0 amide bonds. The van der Waals surface area contributed by atoms with Crippen LogP contribution in [0, 0.1) is 0 Å². The van der Waals surface area contributed by atoms with E-state index < -0.39 is 0 Å². The standard InChI is InChI=1S/C18H26N6/c1-23(2)12-13-24(3)14-20-22-18-10-8-17(9-11-18)21-16-6-4-15(19)5-7-16/h4-13,20-22H,14,19H2,1-3H3/b13-12-. The minimum absolute atomic E-state index is 0.690. The first-order chi connectivity index (χ1) is 11.5. The summed E-state index contributed by atoms with van der Waals surface area (Å²) in [6.07, 6.45) is 4.01. The van der Waals surface area contributed by atoms with Crippen LogP contribution in [0.4, 0.5) is 22.7 Å². The highest BCUT2D eigenvalue weighted by molar-refractivity contribution is 5.63. The fraction of sp³-hybridized carbons (Fsp3) is 0.222. The van der Waals surface area contributed by atoms with E-state index >= 15 is 0 Å². The molecule has 0 heterocycles. The first-order valence-electron chi connectivity index (χ1n) is 7.79. The van der Waals surface area contributed by atoms with Gasteiger partial charge < -0.3 is 26.3 Å². The SMILES string of the molecule is CN(C)/C=C\N(C)CNNc1ccc(Nc2ccc(N)cc2)cc1. The van der Waals surface area contributed by atoms with Crippen LogP contribution in [0.1, 0.15) is 0 Å². The summed E-state index contributed by atoms with van der Waals surface area (Å²) in [6, 6.07) is 15.8. The van der Waals surface area contributed by atoms with E-state index in [2.05, 4.69) is 16.2 Å². The number of nitrogen functional groups attached to an aromatic ring is 1. The van der Waals surface area contributed by atoms with Crippen LogP contribution < -0.4 is 21.9 Å². The van der Waals surface area contributed by atoms with Gasteiger partial charge in [0.15, 0.2) is 0 Å². The van der Waals surface area contributed by atoms with Crippen LogP contribution in [-0.4, -0.2) is 37.6 Å². The Hall–Kier alpha value is -2.86. The molecule has 2 rings (SSSR count). The van der Waals surface area contributed by atoms with Gasteiger partial charge in [-0.25, -0.2) is 5.43 Å². The molecule has 0 atom stereocenters. The third kappa shape index (κ3) is 6.10. The molecule has 0 radical (unpaired) electrons. The molecule has 0 saturated carbocycles. The molecule has 0 spiro atoms. The van der Waals surface area contributed by atoms with E-state index in [1.165, 1.54) is 0 Å². The highest BCUT2D eigenvalue weighted by atomic mass is 15.4. The Morgan fingerprint density at radius 1 is 0.833 bits per heavy atom. The van der Waals surface area contributed by atoms with Crippen molar-refractivity contribution in [3.8, 4) is 0 Å². The van der Waals surface area contributed by atoms with Gasteiger partial charge in [0, 0.05) is 56.3 Å². The van der Waals surface area contributed by atoms with Crippen molar-refractivity contribution in [1.29, 1.82) is 0 Å². The predicted octanol–water partition coefficient (Wildman–Crippen LogP) is 2.85. The first kappa shape index (κ1) is 17.5. The maximum atomic E-state index is 5.69. The van der Waals surface area contributed by atoms with Crippen molar-refractivity contribution < 1.29 is 0 Å². The largest absolute Gasteiger partial charge is 0.399 e. The van der Waals surface area contributed by atoms with Crippen LogP contribution in [0.5, 0.6) is 0 Å². The van der Waals surface area contributed by atoms with Crippen molar-refractivity contribution in [2.45, 2.75) is 0 Å². The van der Waals surface area contributed by atoms with Crippen molar-refractivity contribution >= 4 is 22.7 Å². The zero-order chi connectivity index (χ0) is 17.4. The number of nitrogens with one attached hydrogen (secondary N) is 3. The second kappa shape index (κ2) is 8.69. The molecule has 2 aromatic rings. The summed E-state index contributed by atoms with van der Waals surface area (Å²) in [7, 11) is 6.00. The van der Waals surface area contributed by atoms with Crippen LogP contribution in [0.25, 0.3) is 0 Å².